The normalized spacial score (nSPS) is 24.8. The zero-order chi connectivity index (χ0) is 12.0. The first-order valence-corrected chi connectivity index (χ1v) is 7.11. The summed E-state index contributed by atoms with van der Waals surface area (Å²) in [4.78, 5) is 11.5. The molecule has 0 aromatic carbocycles. The second kappa shape index (κ2) is 6.98. The third-order valence-electron chi connectivity index (χ3n) is 2.58. The first kappa shape index (κ1) is 13.6. The standard InChI is InChI=1S/C10H20N2O3S/c1-8(16(2)14)6-12-10(13)5-9-7-15-4-3-11-9/h8-9,11H,3-7H2,1-2H3,(H,12,13). The SMILES string of the molecule is CC(CNC(=O)CC1COCCN1)S(C)=O. The maximum Gasteiger partial charge on any atom is 0.221 e. The number of amides is 1. The van der Waals surface area contributed by atoms with Crippen LogP contribution in [0.5, 0.6) is 0 Å². The van der Waals surface area contributed by atoms with Crippen LogP contribution in [-0.2, 0) is 20.3 Å². The van der Waals surface area contributed by atoms with Crippen molar-refractivity contribution in [1.29, 1.82) is 0 Å². The van der Waals surface area contributed by atoms with Gasteiger partial charge in [-0.25, -0.2) is 0 Å². The van der Waals surface area contributed by atoms with Crippen LogP contribution in [0.2, 0.25) is 0 Å². The number of hydrogen-bond donors (Lipinski definition) is 2. The molecule has 0 bridgehead atoms. The van der Waals surface area contributed by atoms with E-state index < -0.39 is 10.8 Å². The van der Waals surface area contributed by atoms with Crippen LogP contribution in [0.3, 0.4) is 0 Å². The molecule has 6 heteroatoms. The fourth-order valence-electron chi connectivity index (χ4n) is 1.42. The molecule has 3 atom stereocenters. The Labute approximate surface area is 98.8 Å². The largest absolute Gasteiger partial charge is 0.378 e. The van der Waals surface area contributed by atoms with E-state index in [9.17, 15) is 9.00 Å². The van der Waals surface area contributed by atoms with Crippen molar-refractivity contribution in [2.45, 2.75) is 24.6 Å². The van der Waals surface area contributed by atoms with Crippen LogP contribution in [0, 0.1) is 0 Å². The monoisotopic (exact) mass is 248 g/mol. The van der Waals surface area contributed by atoms with Gasteiger partial charge in [0.15, 0.2) is 0 Å². The van der Waals surface area contributed by atoms with E-state index >= 15 is 0 Å². The Morgan fingerprint density at radius 2 is 2.44 bits per heavy atom. The summed E-state index contributed by atoms with van der Waals surface area (Å²) in [6.45, 7) is 4.42. The molecule has 1 amide bonds. The molecule has 3 unspecified atom stereocenters. The lowest BCUT2D eigenvalue weighted by molar-refractivity contribution is -0.122. The maximum atomic E-state index is 11.5. The van der Waals surface area contributed by atoms with Crippen LogP contribution in [-0.4, -0.2) is 54.0 Å². The van der Waals surface area contributed by atoms with Gasteiger partial charge in [0.25, 0.3) is 0 Å². The molecular weight excluding hydrogens is 228 g/mol. The zero-order valence-electron chi connectivity index (χ0n) is 9.82. The van der Waals surface area contributed by atoms with Crippen LogP contribution >= 0.6 is 0 Å². The van der Waals surface area contributed by atoms with E-state index in [1.54, 1.807) is 6.26 Å². The van der Waals surface area contributed by atoms with Gasteiger partial charge in [-0.15, -0.1) is 0 Å². The number of morpholine rings is 1. The van der Waals surface area contributed by atoms with E-state index in [1.165, 1.54) is 0 Å². The van der Waals surface area contributed by atoms with Crippen molar-refractivity contribution in [3.8, 4) is 0 Å². The van der Waals surface area contributed by atoms with Gasteiger partial charge in [-0.05, 0) is 6.92 Å². The van der Waals surface area contributed by atoms with Crippen molar-refractivity contribution in [3.05, 3.63) is 0 Å². The number of carbonyl (C=O) groups is 1. The lowest BCUT2D eigenvalue weighted by Gasteiger charge is -2.23. The molecule has 0 saturated carbocycles. The smallest absolute Gasteiger partial charge is 0.221 e. The molecule has 5 nitrogen and oxygen atoms in total. The van der Waals surface area contributed by atoms with Gasteiger partial charge < -0.3 is 15.4 Å². The van der Waals surface area contributed by atoms with E-state index in [0.717, 1.165) is 6.54 Å². The molecule has 0 aliphatic carbocycles. The Morgan fingerprint density at radius 1 is 1.69 bits per heavy atom. The average molecular weight is 248 g/mol. The predicted molar refractivity (Wildman–Crippen MR) is 63.8 cm³/mol. The zero-order valence-corrected chi connectivity index (χ0v) is 10.6. The number of hydrogen-bond acceptors (Lipinski definition) is 4. The third-order valence-corrected chi connectivity index (χ3v) is 3.88. The van der Waals surface area contributed by atoms with Gasteiger partial charge in [0.1, 0.15) is 0 Å². The summed E-state index contributed by atoms with van der Waals surface area (Å²) >= 11 is 0. The van der Waals surface area contributed by atoms with E-state index in [0.29, 0.717) is 26.2 Å². The molecule has 0 aromatic rings. The van der Waals surface area contributed by atoms with Crippen molar-refractivity contribution < 1.29 is 13.7 Å². The van der Waals surface area contributed by atoms with Crippen molar-refractivity contribution in [1.82, 2.24) is 10.6 Å². The summed E-state index contributed by atoms with van der Waals surface area (Å²) < 4.78 is 16.3. The molecule has 1 aliphatic heterocycles. The highest BCUT2D eigenvalue weighted by Gasteiger charge is 2.17. The van der Waals surface area contributed by atoms with Gasteiger partial charge >= 0.3 is 0 Å². The Balaban J connectivity index is 2.17. The minimum Gasteiger partial charge on any atom is -0.378 e. The Kier molecular flexibility index (Phi) is 5.94. The Hall–Kier alpha value is -0.460. The van der Waals surface area contributed by atoms with Gasteiger partial charge in [-0.3, -0.25) is 9.00 Å². The van der Waals surface area contributed by atoms with Crippen LogP contribution in [0.4, 0.5) is 0 Å². The summed E-state index contributed by atoms with van der Waals surface area (Å²) in [6.07, 6.45) is 2.07. The van der Waals surface area contributed by atoms with E-state index in [4.69, 9.17) is 4.74 Å². The summed E-state index contributed by atoms with van der Waals surface area (Å²) in [5.74, 6) is -0.0136. The van der Waals surface area contributed by atoms with Crippen molar-refractivity contribution >= 4 is 16.7 Å². The molecule has 16 heavy (non-hydrogen) atoms. The number of ether oxygens (including phenoxy) is 1. The summed E-state index contributed by atoms with van der Waals surface area (Å²) in [5.41, 5.74) is 0. The molecule has 0 radical (unpaired) electrons. The molecule has 1 aliphatic rings. The quantitative estimate of drug-likeness (QED) is 0.672. The highest BCUT2D eigenvalue weighted by atomic mass is 32.2. The molecule has 2 N–H and O–H groups in total. The number of rotatable bonds is 5. The second-order valence-corrected chi connectivity index (χ2v) is 5.85. The molecule has 94 valence electrons. The fourth-order valence-corrected chi connectivity index (χ4v) is 1.74. The maximum absolute atomic E-state index is 11.5. The molecule has 0 spiro atoms. The van der Waals surface area contributed by atoms with E-state index in [1.807, 2.05) is 6.92 Å². The molecule has 1 rings (SSSR count). The first-order chi connectivity index (χ1) is 7.59. The molecule has 1 saturated heterocycles. The summed E-state index contributed by atoms with van der Waals surface area (Å²) in [6, 6.07) is 0.108. The Morgan fingerprint density at radius 3 is 3.00 bits per heavy atom. The third kappa shape index (κ3) is 5.05. The van der Waals surface area contributed by atoms with E-state index in [2.05, 4.69) is 10.6 Å². The highest BCUT2D eigenvalue weighted by molar-refractivity contribution is 7.84. The highest BCUT2D eigenvalue weighted by Crippen LogP contribution is 1.98. The summed E-state index contributed by atoms with van der Waals surface area (Å²) in [7, 11) is -0.888. The first-order valence-electron chi connectivity index (χ1n) is 5.49. The van der Waals surface area contributed by atoms with Crippen molar-refractivity contribution in [2.75, 3.05) is 32.6 Å². The van der Waals surface area contributed by atoms with Crippen LogP contribution in [0.25, 0.3) is 0 Å². The molecular formula is C10H20N2O3S. The Bertz CT molecular complexity index is 254. The molecule has 0 aromatic heterocycles. The topological polar surface area (TPSA) is 67.4 Å². The van der Waals surface area contributed by atoms with Gasteiger partial charge in [0.05, 0.1) is 13.2 Å². The lowest BCUT2D eigenvalue weighted by Crippen LogP contribution is -2.45. The van der Waals surface area contributed by atoms with Crippen LogP contribution < -0.4 is 10.6 Å². The fraction of sp³-hybridized carbons (Fsp3) is 0.900. The summed E-state index contributed by atoms with van der Waals surface area (Å²) in [5, 5.41) is 6.00. The number of nitrogens with one attached hydrogen (secondary N) is 2. The average Bonchev–Trinajstić information content (AvgIpc) is 2.27. The molecule has 1 fully saturated rings. The van der Waals surface area contributed by atoms with Gasteiger partial charge in [-0.2, -0.15) is 0 Å². The number of carbonyl (C=O) groups excluding carboxylic acids is 1. The lowest BCUT2D eigenvalue weighted by atomic mass is 10.2. The van der Waals surface area contributed by atoms with Gasteiger partial charge in [0, 0.05) is 47.9 Å². The van der Waals surface area contributed by atoms with Crippen LogP contribution in [0.15, 0.2) is 0 Å². The van der Waals surface area contributed by atoms with Gasteiger partial charge in [-0.1, -0.05) is 0 Å². The predicted octanol–water partition coefficient (Wildman–Crippen LogP) is -0.752. The van der Waals surface area contributed by atoms with Crippen molar-refractivity contribution in [2.24, 2.45) is 0 Å². The second-order valence-electron chi connectivity index (χ2n) is 4.04. The molecule has 1 heterocycles. The van der Waals surface area contributed by atoms with E-state index in [-0.39, 0.29) is 17.2 Å². The van der Waals surface area contributed by atoms with Crippen LogP contribution in [0.1, 0.15) is 13.3 Å². The van der Waals surface area contributed by atoms with Gasteiger partial charge in [0.2, 0.25) is 5.91 Å². The van der Waals surface area contributed by atoms with Crippen molar-refractivity contribution in [3.63, 3.8) is 0 Å². The minimum absolute atomic E-state index is 0.000449. The minimum atomic E-state index is -0.888.